The maximum absolute atomic E-state index is 12.2. The van der Waals surface area contributed by atoms with E-state index in [-0.39, 0.29) is 5.91 Å². The number of hydrogen-bond donors (Lipinski definition) is 1. The minimum atomic E-state index is -0.392. The molecule has 0 unspecified atom stereocenters. The third kappa shape index (κ3) is 5.42. The fourth-order valence-corrected chi connectivity index (χ4v) is 3.43. The van der Waals surface area contributed by atoms with E-state index < -0.39 is 5.76 Å². The highest BCUT2D eigenvalue weighted by Crippen LogP contribution is 2.14. The van der Waals surface area contributed by atoms with E-state index in [0.29, 0.717) is 38.1 Å². The van der Waals surface area contributed by atoms with E-state index in [1.807, 2.05) is 72.8 Å². The molecule has 0 fully saturated rings. The third-order valence-corrected chi connectivity index (χ3v) is 4.99. The lowest BCUT2D eigenvalue weighted by Crippen LogP contribution is -2.23. The molecular formula is C25H24N2O4. The Kier molecular flexibility index (Phi) is 6.47. The summed E-state index contributed by atoms with van der Waals surface area (Å²) in [4.78, 5) is 24.2. The number of aryl methyl sites for hydroxylation is 1. The summed E-state index contributed by atoms with van der Waals surface area (Å²) >= 11 is 0. The standard InChI is InChI=1S/C25H24N2O4/c28-24(14-7-15-27-22-12-4-5-13-23(22)31-25(27)29)26-17-19-8-6-9-20(16-19)18-30-21-10-2-1-3-11-21/h1-6,8-13,16H,7,14-15,17-18H2,(H,26,28). The molecule has 1 aromatic heterocycles. The molecule has 6 nitrogen and oxygen atoms in total. The van der Waals surface area contributed by atoms with E-state index in [2.05, 4.69) is 5.32 Å². The third-order valence-electron chi connectivity index (χ3n) is 4.99. The summed E-state index contributed by atoms with van der Waals surface area (Å²) in [5.41, 5.74) is 3.37. The molecule has 158 valence electrons. The summed E-state index contributed by atoms with van der Waals surface area (Å²) < 4.78 is 12.6. The zero-order valence-corrected chi connectivity index (χ0v) is 17.1. The Morgan fingerprint density at radius 3 is 2.58 bits per heavy atom. The Hall–Kier alpha value is -3.80. The van der Waals surface area contributed by atoms with Crippen molar-refractivity contribution >= 4 is 17.0 Å². The first kappa shape index (κ1) is 20.5. The van der Waals surface area contributed by atoms with E-state index in [0.717, 1.165) is 22.4 Å². The molecule has 0 radical (unpaired) electrons. The molecule has 0 saturated heterocycles. The topological polar surface area (TPSA) is 73.5 Å². The largest absolute Gasteiger partial charge is 0.489 e. The number of amides is 1. The van der Waals surface area contributed by atoms with Crippen LogP contribution >= 0.6 is 0 Å². The van der Waals surface area contributed by atoms with Crippen molar-refractivity contribution in [2.45, 2.75) is 32.5 Å². The van der Waals surface area contributed by atoms with Gasteiger partial charge in [0.1, 0.15) is 12.4 Å². The number of nitrogens with one attached hydrogen (secondary N) is 1. The highest BCUT2D eigenvalue weighted by Gasteiger charge is 2.09. The van der Waals surface area contributed by atoms with Gasteiger partial charge in [-0.05, 0) is 41.8 Å². The van der Waals surface area contributed by atoms with Crippen LogP contribution in [0, 0.1) is 0 Å². The van der Waals surface area contributed by atoms with Gasteiger partial charge in [-0.1, -0.05) is 54.6 Å². The normalized spacial score (nSPS) is 10.8. The fourth-order valence-electron chi connectivity index (χ4n) is 3.43. The van der Waals surface area contributed by atoms with Gasteiger partial charge >= 0.3 is 5.76 Å². The van der Waals surface area contributed by atoms with Crippen LogP contribution in [-0.4, -0.2) is 10.5 Å². The molecule has 0 aliphatic carbocycles. The fraction of sp³-hybridized carbons (Fsp3) is 0.200. The summed E-state index contributed by atoms with van der Waals surface area (Å²) in [6.07, 6.45) is 0.892. The minimum Gasteiger partial charge on any atom is -0.489 e. The predicted molar refractivity (Wildman–Crippen MR) is 119 cm³/mol. The average molecular weight is 416 g/mol. The van der Waals surface area contributed by atoms with Crippen LogP contribution in [-0.2, 0) is 24.5 Å². The number of oxazole rings is 1. The number of ether oxygens (including phenoxy) is 1. The highest BCUT2D eigenvalue weighted by molar-refractivity contribution is 5.76. The van der Waals surface area contributed by atoms with Crippen LogP contribution in [0.25, 0.3) is 11.1 Å². The molecule has 4 aromatic rings. The van der Waals surface area contributed by atoms with Crippen LogP contribution in [0.5, 0.6) is 5.75 Å². The summed E-state index contributed by atoms with van der Waals surface area (Å²) in [6.45, 7) is 1.36. The van der Waals surface area contributed by atoms with Crippen molar-refractivity contribution < 1.29 is 13.9 Å². The van der Waals surface area contributed by atoms with Gasteiger partial charge < -0.3 is 14.5 Å². The van der Waals surface area contributed by atoms with Gasteiger partial charge in [0.15, 0.2) is 5.58 Å². The highest BCUT2D eigenvalue weighted by atomic mass is 16.5. The van der Waals surface area contributed by atoms with E-state index in [1.54, 1.807) is 10.6 Å². The molecule has 4 rings (SSSR count). The molecule has 3 aromatic carbocycles. The van der Waals surface area contributed by atoms with E-state index >= 15 is 0 Å². The molecule has 31 heavy (non-hydrogen) atoms. The molecule has 1 N–H and O–H groups in total. The number of carbonyl (C=O) groups excluding carboxylic acids is 1. The van der Waals surface area contributed by atoms with Crippen LogP contribution in [0.15, 0.2) is 88.1 Å². The van der Waals surface area contributed by atoms with Gasteiger partial charge in [-0.15, -0.1) is 0 Å². The maximum atomic E-state index is 12.2. The smallest absolute Gasteiger partial charge is 0.419 e. The molecule has 1 amide bonds. The second-order valence-electron chi connectivity index (χ2n) is 7.29. The Labute approximate surface area is 180 Å². The van der Waals surface area contributed by atoms with E-state index in [1.165, 1.54) is 0 Å². The van der Waals surface area contributed by atoms with Crippen LogP contribution in [0.1, 0.15) is 24.0 Å². The van der Waals surface area contributed by atoms with Crippen molar-refractivity contribution in [3.05, 3.63) is 101 Å². The molecule has 6 heteroatoms. The Morgan fingerprint density at radius 2 is 1.71 bits per heavy atom. The number of rotatable bonds is 9. The minimum absolute atomic E-state index is 0.0493. The molecule has 0 spiro atoms. The SMILES string of the molecule is O=C(CCCn1c(=O)oc2ccccc21)NCc1cccc(COc2ccccc2)c1. The number of aromatic nitrogens is 1. The number of nitrogens with zero attached hydrogens (tertiary/aromatic N) is 1. The monoisotopic (exact) mass is 416 g/mol. The lowest BCUT2D eigenvalue weighted by atomic mass is 10.1. The summed E-state index contributed by atoms with van der Waals surface area (Å²) in [6, 6.07) is 24.9. The summed E-state index contributed by atoms with van der Waals surface area (Å²) in [5, 5.41) is 2.94. The molecular weight excluding hydrogens is 392 g/mol. The van der Waals surface area contributed by atoms with E-state index in [9.17, 15) is 9.59 Å². The maximum Gasteiger partial charge on any atom is 0.419 e. The first-order chi connectivity index (χ1) is 15.2. The Balaban J connectivity index is 1.24. The van der Waals surface area contributed by atoms with Crippen molar-refractivity contribution in [3.63, 3.8) is 0 Å². The number of hydrogen-bond acceptors (Lipinski definition) is 4. The van der Waals surface area contributed by atoms with Gasteiger partial charge in [0, 0.05) is 19.5 Å². The Morgan fingerprint density at radius 1 is 0.935 bits per heavy atom. The van der Waals surface area contributed by atoms with Crippen LogP contribution in [0.3, 0.4) is 0 Å². The van der Waals surface area contributed by atoms with Crippen molar-refractivity contribution in [2.24, 2.45) is 0 Å². The van der Waals surface area contributed by atoms with E-state index in [4.69, 9.17) is 9.15 Å². The Bertz CT molecular complexity index is 1210. The lowest BCUT2D eigenvalue weighted by Gasteiger charge is -2.09. The molecule has 0 bridgehead atoms. The first-order valence-electron chi connectivity index (χ1n) is 10.3. The van der Waals surface area contributed by atoms with Crippen LogP contribution in [0.4, 0.5) is 0 Å². The summed E-state index contributed by atoms with van der Waals surface area (Å²) in [7, 11) is 0. The number of carbonyl (C=O) groups is 1. The molecule has 0 saturated carbocycles. The zero-order chi connectivity index (χ0) is 21.5. The first-order valence-corrected chi connectivity index (χ1v) is 10.3. The zero-order valence-electron chi connectivity index (χ0n) is 17.1. The summed E-state index contributed by atoms with van der Waals surface area (Å²) in [5.74, 6) is 0.383. The second kappa shape index (κ2) is 9.80. The van der Waals surface area contributed by atoms with Crippen molar-refractivity contribution in [1.82, 2.24) is 9.88 Å². The van der Waals surface area contributed by atoms with Gasteiger partial charge in [0.25, 0.3) is 0 Å². The number of para-hydroxylation sites is 3. The van der Waals surface area contributed by atoms with Gasteiger partial charge in [-0.2, -0.15) is 0 Å². The van der Waals surface area contributed by atoms with Crippen LogP contribution in [0.2, 0.25) is 0 Å². The number of fused-ring (bicyclic) bond motifs is 1. The quantitative estimate of drug-likeness (QED) is 0.442. The molecule has 0 aliphatic heterocycles. The van der Waals surface area contributed by atoms with Crippen LogP contribution < -0.4 is 15.8 Å². The van der Waals surface area contributed by atoms with Crippen molar-refractivity contribution in [2.75, 3.05) is 0 Å². The van der Waals surface area contributed by atoms with Gasteiger partial charge in [0.05, 0.1) is 5.52 Å². The predicted octanol–water partition coefficient (Wildman–Crippen LogP) is 4.27. The van der Waals surface area contributed by atoms with Gasteiger partial charge in [-0.25, -0.2) is 4.79 Å². The van der Waals surface area contributed by atoms with Gasteiger partial charge in [0.2, 0.25) is 5.91 Å². The molecule has 0 atom stereocenters. The van der Waals surface area contributed by atoms with Crippen molar-refractivity contribution in [1.29, 1.82) is 0 Å². The molecule has 1 heterocycles. The number of benzene rings is 3. The average Bonchev–Trinajstić information content (AvgIpc) is 3.12. The van der Waals surface area contributed by atoms with Crippen molar-refractivity contribution in [3.8, 4) is 5.75 Å². The van der Waals surface area contributed by atoms with Gasteiger partial charge in [-0.3, -0.25) is 9.36 Å². The second-order valence-corrected chi connectivity index (χ2v) is 7.29. The molecule has 0 aliphatic rings. The lowest BCUT2D eigenvalue weighted by molar-refractivity contribution is -0.121.